The van der Waals surface area contributed by atoms with Crippen LogP contribution >= 0.6 is 0 Å². The zero-order chi connectivity index (χ0) is 20.6. The molecule has 0 unspecified atom stereocenters. The van der Waals surface area contributed by atoms with E-state index in [0.29, 0.717) is 23.4 Å². The molecule has 146 valence electrons. The normalized spacial score (nSPS) is 19.9. The number of pyridine rings is 1. The lowest BCUT2D eigenvalue weighted by atomic mass is 9.99. The van der Waals surface area contributed by atoms with E-state index in [2.05, 4.69) is 27.5 Å². The molecule has 1 aromatic heterocycles. The number of hydrogen-bond acceptors (Lipinski definition) is 5. The summed E-state index contributed by atoms with van der Waals surface area (Å²) in [5.74, 6) is 5.49. The number of hydrogen-bond donors (Lipinski definition) is 2. The number of methoxy groups -OCH3 is 1. The highest BCUT2D eigenvalue weighted by Gasteiger charge is 2.48. The summed E-state index contributed by atoms with van der Waals surface area (Å²) in [6.45, 7) is 2.10. The fourth-order valence-corrected chi connectivity index (χ4v) is 3.33. The largest absolute Gasteiger partial charge is 0.497 e. The molecule has 3 heterocycles. The minimum atomic E-state index is -1.54. The van der Waals surface area contributed by atoms with E-state index in [1.807, 2.05) is 13.0 Å². The third-order valence-corrected chi connectivity index (χ3v) is 4.90. The van der Waals surface area contributed by atoms with Gasteiger partial charge in [-0.2, -0.15) is 0 Å². The molecule has 0 bridgehead atoms. The molecule has 2 aliphatic rings. The number of aryl methyl sites for hydroxylation is 1. The van der Waals surface area contributed by atoms with Crippen molar-refractivity contribution in [3.8, 4) is 17.6 Å². The fourth-order valence-electron chi connectivity index (χ4n) is 3.33. The molecule has 0 spiro atoms. The first-order valence-corrected chi connectivity index (χ1v) is 8.96. The molecule has 1 fully saturated rings. The zero-order valence-corrected chi connectivity index (χ0v) is 15.9. The summed E-state index contributed by atoms with van der Waals surface area (Å²) in [5.41, 5.74) is 1.24. The van der Waals surface area contributed by atoms with Gasteiger partial charge < -0.3 is 15.0 Å². The Bertz CT molecular complexity index is 1080. The third kappa shape index (κ3) is 3.38. The molecule has 1 saturated heterocycles. The molecule has 8 nitrogen and oxygen atoms in total. The number of carbonyl (C=O) groups is 3. The standard InChI is InChI=1S/C21H18N4O4/c1-13-3-4-14(10-22-13)7-8-21(19(27)23-20(28)24-21)12-25-11-15-5-6-16(29-2)9-17(15)18(25)26/h3-6,9-10H,11-12H2,1-2H3,(H2,23,24,27,28)/t21-/m1/s1. The molecule has 2 N–H and O–H groups in total. The molecular formula is C21H18N4O4. The molecule has 2 aromatic rings. The highest BCUT2D eigenvalue weighted by atomic mass is 16.5. The van der Waals surface area contributed by atoms with Crippen LogP contribution in [0.15, 0.2) is 36.5 Å². The van der Waals surface area contributed by atoms with Gasteiger partial charge in [0.1, 0.15) is 5.75 Å². The summed E-state index contributed by atoms with van der Waals surface area (Å²) < 4.78 is 5.18. The smallest absolute Gasteiger partial charge is 0.323 e. The monoisotopic (exact) mass is 390 g/mol. The number of urea groups is 1. The average Bonchev–Trinajstić information content (AvgIpc) is 3.16. The maximum atomic E-state index is 12.9. The van der Waals surface area contributed by atoms with Crippen LogP contribution in [0.2, 0.25) is 0 Å². The molecule has 4 amide bonds. The van der Waals surface area contributed by atoms with Crippen molar-refractivity contribution in [3.05, 3.63) is 58.9 Å². The minimum absolute atomic E-state index is 0.0767. The van der Waals surface area contributed by atoms with Gasteiger partial charge in [-0.25, -0.2) is 4.79 Å². The maximum absolute atomic E-state index is 12.9. The van der Waals surface area contributed by atoms with Crippen LogP contribution in [0, 0.1) is 18.8 Å². The summed E-state index contributed by atoms with van der Waals surface area (Å²) in [6.07, 6.45) is 1.59. The van der Waals surface area contributed by atoms with Crippen molar-refractivity contribution in [2.75, 3.05) is 13.7 Å². The van der Waals surface area contributed by atoms with Crippen LogP contribution in [0.1, 0.15) is 27.2 Å². The number of amides is 4. The van der Waals surface area contributed by atoms with Gasteiger partial charge in [0.05, 0.1) is 13.7 Å². The van der Waals surface area contributed by atoms with E-state index in [9.17, 15) is 14.4 Å². The number of nitrogens with zero attached hydrogens (tertiary/aromatic N) is 2. The Kier molecular flexibility index (Phi) is 4.43. The predicted molar refractivity (Wildman–Crippen MR) is 103 cm³/mol. The van der Waals surface area contributed by atoms with Gasteiger partial charge in [0.25, 0.3) is 11.8 Å². The quantitative estimate of drug-likeness (QED) is 0.601. The number of benzene rings is 1. The summed E-state index contributed by atoms with van der Waals surface area (Å²) in [6, 6.07) is 8.20. The molecule has 0 saturated carbocycles. The topological polar surface area (TPSA) is 101 Å². The molecule has 8 heteroatoms. The zero-order valence-electron chi connectivity index (χ0n) is 15.9. The van der Waals surface area contributed by atoms with Crippen LogP contribution in [0.3, 0.4) is 0 Å². The van der Waals surface area contributed by atoms with Gasteiger partial charge in [0, 0.05) is 29.6 Å². The number of fused-ring (bicyclic) bond motifs is 1. The second-order valence-corrected chi connectivity index (χ2v) is 6.94. The van der Waals surface area contributed by atoms with Crippen molar-refractivity contribution in [1.82, 2.24) is 20.5 Å². The fraction of sp³-hybridized carbons (Fsp3) is 0.238. The lowest BCUT2D eigenvalue weighted by Gasteiger charge is -2.26. The van der Waals surface area contributed by atoms with Crippen molar-refractivity contribution in [3.63, 3.8) is 0 Å². The SMILES string of the molecule is COc1ccc2c(c1)C(=O)N(C[C@@]1(C#Cc3ccc(C)nc3)NC(=O)NC1=O)C2. The van der Waals surface area contributed by atoms with E-state index in [1.165, 1.54) is 12.0 Å². The van der Waals surface area contributed by atoms with Crippen molar-refractivity contribution in [2.45, 2.75) is 19.0 Å². The van der Waals surface area contributed by atoms with Crippen molar-refractivity contribution >= 4 is 17.8 Å². The van der Waals surface area contributed by atoms with E-state index in [1.54, 1.807) is 30.5 Å². The molecule has 1 aromatic carbocycles. The van der Waals surface area contributed by atoms with E-state index in [-0.39, 0.29) is 12.5 Å². The van der Waals surface area contributed by atoms with Gasteiger partial charge in [-0.15, -0.1) is 0 Å². The summed E-state index contributed by atoms with van der Waals surface area (Å²) in [5, 5.41) is 4.80. The summed E-state index contributed by atoms with van der Waals surface area (Å²) in [7, 11) is 1.53. The summed E-state index contributed by atoms with van der Waals surface area (Å²) in [4.78, 5) is 43.0. The number of carbonyl (C=O) groups excluding carboxylic acids is 3. The lowest BCUT2D eigenvalue weighted by Crippen LogP contribution is -2.54. The molecule has 0 aliphatic carbocycles. The van der Waals surface area contributed by atoms with Crippen LogP contribution in [0.25, 0.3) is 0 Å². The van der Waals surface area contributed by atoms with Gasteiger partial charge in [-0.1, -0.05) is 17.9 Å². The highest BCUT2D eigenvalue weighted by Crippen LogP contribution is 2.28. The van der Waals surface area contributed by atoms with Crippen molar-refractivity contribution < 1.29 is 19.1 Å². The predicted octanol–water partition coefficient (Wildman–Crippen LogP) is 0.984. The molecule has 4 rings (SSSR count). The van der Waals surface area contributed by atoms with Gasteiger partial charge in [-0.05, 0) is 36.8 Å². The first-order chi connectivity index (χ1) is 13.9. The van der Waals surface area contributed by atoms with E-state index in [4.69, 9.17) is 4.74 Å². The molecule has 29 heavy (non-hydrogen) atoms. The van der Waals surface area contributed by atoms with Gasteiger partial charge in [-0.3, -0.25) is 19.9 Å². The van der Waals surface area contributed by atoms with Crippen LogP contribution in [0.4, 0.5) is 4.79 Å². The lowest BCUT2D eigenvalue weighted by molar-refractivity contribution is -0.122. The van der Waals surface area contributed by atoms with E-state index in [0.717, 1.165) is 11.3 Å². The van der Waals surface area contributed by atoms with Crippen molar-refractivity contribution in [2.24, 2.45) is 0 Å². The van der Waals surface area contributed by atoms with Gasteiger partial charge in [0.2, 0.25) is 5.54 Å². The Hall–Kier alpha value is -3.86. The van der Waals surface area contributed by atoms with E-state index < -0.39 is 17.5 Å². The molecule has 2 aliphatic heterocycles. The van der Waals surface area contributed by atoms with Crippen LogP contribution < -0.4 is 15.4 Å². The Morgan fingerprint density at radius 3 is 2.72 bits per heavy atom. The second-order valence-electron chi connectivity index (χ2n) is 6.94. The van der Waals surface area contributed by atoms with Gasteiger partial charge >= 0.3 is 6.03 Å². The number of nitrogens with one attached hydrogen (secondary N) is 2. The van der Waals surface area contributed by atoms with Crippen molar-refractivity contribution in [1.29, 1.82) is 0 Å². The average molecular weight is 390 g/mol. The number of aromatic nitrogens is 1. The number of rotatable bonds is 3. The second kappa shape index (κ2) is 6.95. The number of imide groups is 1. The highest BCUT2D eigenvalue weighted by molar-refractivity contribution is 6.10. The van der Waals surface area contributed by atoms with Crippen LogP contribution in [0.5, 0.6) is 5.75 Å². The molecule has 1 atom stereocenters. The van der Waals surface area contributed by atoms with Crippen LogP contribution in [-0.2, 0) is 11.3 Å². The maximum Gasteiger partial charge on any atom is 0.323 e. The first kappa shape index (κ1) is 18.5. The molecular weight excluding hydrogens is 372 g/mol. The Labute approximate surface area is 167 Å². The summed E-state index contributed by atoms with van der Waals surface area (Å²) >= 11 is 0. The number of ether oxygens (including phenoxy) is 1. The first-order valence-electron chi connectivity index (χ1n) is 8.96. The Morgan fingerprint density at radius 2 is 2.07 bits per heavy atom. The Balaban J connectivity index is 1.64. The van der Waals surface area contributed by atoms with Crippen LogP contribution in [-0.4, -0.2) is 46.9 Å². The third-order valence-electron chi connectivity index (χ3n) is 4.90. The Morgan fingerprint density at radius 1 is 1.24 bits per heavy atom. The molecule has 0 radical (unpaired) electrons. The van der Waals surface area contributed by atoms with E-state index >= 15 is 0 Å². The van der Waals surface area contributed by atoms with Gasteiger partial charge in [0.15, 0.2) is 0 Å². The minimum Gasteiger partial charge on any atom is -0.497 e.